The molecule has 2 nitrogen and oxygen atoms in total. The first-order valence-electron chi connectivity index (χ1n) is 5.39. The zero-order valence-corrected chi connectivity index (χ0v) is 11.2. The normalized spacial score (nSPS) is 12.2. The van der Waals surface area contributed by atoms with Crippen LogP contribution in [0, 0.1) is 0 Å². The Kier molecular flexibility index (Phi) is 5.56. The van der Waals surface area contributed by atoms with E-state index in [1.54, 1.807) is 7.11 Å². The number of rotatable bonds is 6. The van der Waals surface area contributed by atoms with Crippen molar-refractivity contribution in [3.05, 3.63) is 40.9 Å². The lowest BCUT2D eigenvalue weighted by molar-refractivity contribution is 0.413. The van der Waals surface area contributed by atoms with Crippen LogP contribution < -0.4 is 10.5 Å². The quantitative estimate of drug-likeness (QED) is 0.636. The highest BCUT2D eigenvalue weighted by Gasteiger charge is 2.10. The molecule has 1 aromatic rings. The molecule has 0 aliphatic rings. The van der Waals surface area contributed by atoms with E-state index in [2.05, 4.69) is 22.5 Å². The molecule has 88 valence electrons. The molecule has 0 saturated heterocycles. The van der Waals surface area contributed by atoms with Gasteiger partial charge in [-0.1, -0.05) is 22.0 Å². The van der Waals surface area contributed by atoms with Gasteiger partial charge in [-0.15, -0.1) is 6.58 Å². The molecule has 0 fully saturated rings. The maximum absolute atomic E-state index is 6.14. The van der Waals surface area contributed by atoms with Crippen LogP contribution in [-0.2, 0) is 0 Å². The van der Waals surface area contributed by atoms with Gasteiger partial charge in [0.2, 0.25) is 0 Å². The molecular formula is C13H18BrNO. The van der Waals surface area contributed by atoms with Gasteiger partial charge < -0.3 is 10.5 Å². The van der Waals surface area contributed by atoms with Gasteiger partial charge in [0.1, 0.15) is 5.75 Å². The smallest absolute Gasteiger partial charge is 0.119 e. The third kappa shape index (κ3) is 3.65. The van der Waals surface area contributed by atoms with E-state index in [0.717, 1.165) is 35.0 Å². The molecule has 16 heavy (non-hydrogen) atoms. The van der Waals surface area contributed by atoms with Gasteiger partial charge in [-0.05, 0) is 43.0 Å². The van der Waals surface area contributed by atoms with Crippen molar-refractivity contribution in [2.75, 3.05) is 7.11 Å². The number of ether oxygens (including phenoxy) is 1. The van der Waals surface area contributed by atoms with E-state index < -0.39 is 0 Å². The number of nitrogens with two attached hydrogens (primary N) is 1. The van der Waals surface area contributed by atoms with E-state index in [-0.39, 0.29) is 6.04 Å². The lowest BCUT2D eigenvalue weighted by atomic mass is 10.0. The molecule has 2 N–H and O–H groups in total. The number of hydrogen-bond donors (Lipinski definition) is 1. The number of allylic oxidation sites excluding steroid dienone is 1. The average molecular weight is 284 g/mol. The van der Waals surface area contributed by atoms with Crippen LogP contribution in [0.1, 0.15) is 30.9 Å². The zero-order valence-electron chi connectivity index (χ0n) is 9.58. The van der Waals surface area contributed by atoms with Gasteiger partial charge in [0.05, 0.1) is 7.11 Å². The summed E-state index contributed by atoms with van der Waals surface area (Å²) in [6, 6.07) is 5.93. The molecule has 1 atom stereocenters. The Morgan fingerprint density at radius 2 is 2.31 bits per heavy atom. The Bertz CT molecular complexity index is 352. The maximum atomic E-state index is 6.14. The molecule has 1 unspecified atom stereocenters. The molecule has 1 rings (SSSR count). The molecule has 0 heterocycles. The SMILES string of the molecule is C=CCCCC(N)c1cc(OC)ccc1Br. The molecule has 0 bridgehead atoms. The van der Waals surface area contributed by atoms with Gasteiger partial charge in [-0.25, -0.2) is 0 Å². The van der Waals surface area contributed by atoms with Gasteiger partial charge in [-0.3, -0.25) is 0 Å². The Balaban J connectivity index is 2.72. The molecule has 0 saturated carbocycles. The summed E-state index contributed by atoms with van der Waals surface area (Å²) in [6.45, 7) is 3.71. The monoisotopic (exact) mass is 283 g/mol. The Hall–Kier alpha value is -0.800. The second-order valence-corrected chi connectivity index (χ2v) is 4.57. The first-order valence-corrected chi connectivity index (χ1v) is 6.18. The van der Waals surface area contributed by atoms with Gasteiger partial charge in [0, 0.05) is 10.5 Å². The highest BCUT2D eigenvalue weighted by molar-refractivity contribution is 9.10. The fraction of sp³-hybridized carbons (Fsp3) is 0.385. The third-order valence-electron chi connectivity index (χ3n) is 2.53. The van der Waals surface area contributed by atoms with Gasteiger partial charge >= 0.3 is 0 Å². The van der Waals surface area contributed by atoms with Crippen molar-refractivity contribution >= 4 is 15.9 Å². The second-order valence-electron chi connectivity index (χ2n) is 3.71. The van der Waals surface area contributed by atoms with E-state index >= 15 is 0 Å². The summed E-state index contributed by atoms with van der Waals surface area (Å²) in [5, 5.41) is 0. The standard InChI is InChI=1S/C13H18BrNO/c1-3-4-5-6-13(15)11-9-10(16-2)7-8-12(11)14/h3,7-9,13H,1,4-6,15H2,2H3. The lowest BCUT2D eigenvalue weighted by Gasteiger charge is -2.14. The largest absolute Gasteiger partial charge is 0.497 e. The molecule has 0 aromatic heterocycles. The summed E-state index contributed by atoms with van der Waals surface area (Å²) in [5.74, 6) is 0.845. The topological polar surface area (TPSA) is 35.2 Å². The zero-order chi connectivity index (χ0) is 12.0. The predicted octanol–water partition coefficient (Wildman–Crippen LogP) is 3.81. The van der Waals surface area contributed by atoms with Crippen molar-refractivity contribution in [2.45, 2.75) is 25.3 Å². The first kappa shape index (κ1) is 13.3. The van der Waals surface area contributed by atoms with E-state index in [4.69, 9.17) is 10.5 Å². The number of hydrogen-bond acceptors (Lipinski definition) is 2. The Labute approximate surface area is 106 Å². The Morgan fingerprint density at radius 3 is 2.94 bits per heavy atom. The minimum Gasteiger partial charge on any atom is -0.497 e. The molecule has 0 amide bonds. The van der Waals surface area contributed by atoms with E-state index in [0.29, 0.717) is 0 Å². The molecule has 0 spiro atoms. The predicted molar refractivity (Wildman–Crippen MR) is 71.7 cm³/mol. The first-order chi connectivity index (χ1) is 7.69. The number of benzene rings is 1. The van der Waals surface area contributed by atoms with Crippen LogP contribution in [0.3, 0.4) is 0 Å². The highest BCUT2D eigenvalue weighted by Crippen LogP contribution is 2.28. The van der Waals surface area contributed by atoms with Crippen LogP contribution in [0.4, 0.5) is 0 Å². The molecule has 3 heteroatoms. The fourth-order valence-corrected chi connectivity index (χ4v) is 2.11. The number of methoxy groups -OCH3 is 1. The van der Waals surface area contributed by atoms with Gasteiger partial charge in [-0.2, -0.15) is 0 Å². The average Bonchev–Trinajstić information content (AvgIpc) is 2.30. The molecule has 1 aromatic carbocycles. The Morgan fingerprint density at radius 1 is 1.56 bits per heavy atom. The molecule has 0 radical (unpaired) electrons. The summed E-state index contributed by atoms with van der Waals surface area (Å²) in [4.78, 5) is 0. The number of halogens is 1. The van der Waals surface area contributed by atoms with Crippen molar-refractivity contribution in [1.29, 1.82) is 0 Å². The number of unbranched alkanes of at least 4 members (excludes halogenated alkanes) is 1. The van der Waals surface area contributed by atoms with Crippen LogP contribution in [0.15, 0.2) is 35.3 Å². The van der Waals surface area contributed by atoms with Crippen molar-refractivity contribution in [1.82, 2.24) is 0 Å². The van der Waals surface area contributed by atoms with Crippen LogP contribution in [-0.4, -0.2) is 7.11 Å². The van der Waals surface area contributed by atoms with Gasteiger partial charge in [0.15, 0.2) is 0 Å². The fourth-order valence-electron chi connectivity index (χ4n) is 1.57. The van der Waals surface area contributed by atoms with Crippen LogP contribution in [0.2, 0.25) is 0 Å². The van der Waals surface area contributed by atoms with Crippen molar-refractivity contribution in [3.8, 4) is 5.75 Å². The van der Waals surface area contributed by atoms with Crippen LogP contribution in [0.5, 0.6) is 5.75 Å². The van der Waals surface area contributed by atoms with E-state index in [9.17, 15) is 0 Å². The van der Waals surface area contributed by atoms with Crippen LogP contribution >= 0.6 is 15.9 Å². The van der Waals surface area contributed by atoms with Crippen LogP contribution in [0.25, 0.3) is 0 Å². The summed E-state index contributed by atoms with van der Waals surface area (Å²) >= 11 is 3.51. The van der Waals surface area contributed by atoms with Gasteiger partial charge in [0.25, 0.3) is 0 Å². The third-order valence-corrected chi connectivity index (χ3v) is 3.25. The summed E-state index contributed by atoms with van der Waals surface area (Å²) < 4.78 is 6.23. The van der Waals surface area contributed by atoms with Crippen molar-refractivity contribution in [2.24, 2.45) is 5.73 Å². The lowest BCUT2D eigenvalue weighted by Crippen LogP contribution is -2.10. The van der Waals surface area contributed by atoms with E-state index in [1.165, 1.54) is 0 Å². The minimum atomic E-state index is 0.0458. The molecule has 0 aliphatic carbocycles. The summed E-state index contributed by atoms with van der Waals surface area (Å²) in [7, 11) is 1.66. The van der Waals surface area contributed by atoms with E-state index in [1.807, 2.05) is 24.3 Å². The highest BCUT2D eigenvalue weighted by atomic mass is 79.9. The summed E-state index contributed by atoms with van der Waals surface area (Å²) in [5.41, 5.74) is 7.24. The summed E-state index contributed by atoms with van der Waals surface area (Å²) in [6.07, 6.45) is 4.95. The van der Waals surface area contributed by atoms with Crippen molar-refractivity contribution < 1.29 is 4.74 Å². The molecule has 0 aliphatic heterocycles. The second kappa shape index (κ2) is 6.71. The minimum absolute atomic E-state index is 0.0458. The maximum Gasteiger partial charge on any atom is 0.119 e. The molecular weight excluding hydrogens is 266 g/mol. The van der Waals surface area contributed by atoms with Crippen molar-refractivity contribution in [3.63, 3.8) is 0 Å².